The van der Waals surface area contributed by atoms with Gasteiger partial charge in [0.25, 0.3) is 0 Å². The van der Waals surface area contributed by atoms with E-state index in [1.54, 1.807) is 0 Å². The third-order valence-corrected chi connectivity index (χ3v) is 2.03. The lowest BCUT2D eigenvalue weighted by molar-refractivity contribution is 0.0528. The fourth-order valence-electron chi connectivity index (χ4n) is 1.25. The van der Waals surface area contributed by atoms with Crippen molar-refractivity contribution in [2.24, 2.45) is 10.5 Å². The lowest BCUT2D eigenvalue weighted by Gasteiger charge is -2.22. The Bertz CT molecular complexity index is 283. The largest absolute Gasteiger partial charge is 0.443 e. The Labute approximate surface area is 105 Å². The average molecular weight is 242 g/mol. The summed E-state index contributed by atoms with van der Waals surface area (Å²) in [7, 11) is 0. The van der Waals surface area contributed by atoms with E-state index >= 15 is 0 Å². The van der Waals surface area contributed by atoms with Crippen LogP contribution in [0.1, 0.15) is 61.3 Å². The summed E-state index contributed by atoms with van der Waals surface area (Å²) in [6.45, 7) is 13.8. The third-order valence-electron chi connectivity index (χ3n) is 2.03. The number of hydrazone groups is 1. The first kappa shape index (κ1) is 15.9. The van der Waals surface area contributed by atoms with Crippen LogP contribution in [-0.4, -0.2) is 17.4 Å². The highest BCUT2D eigenvalue weighted by Gasteiger charge is 2.20. The Morgan fingerprint density at radius 1 is 1.18 bits per heavy atom. The normalized spacial score (nSPS) is 13.5. The molecule has 0 bridgehead atoms. The van der Waals surface area contributed by atoms with Crippen LogP contribution in [0.15, 0.2) is 5.10 Å². The maximum atomic E-state index is 11.5. The summed E-state index contributed by atoms with van der Waals surface area (Å²) < 4.78 is 5.12. The minimum atomic E-state index is -0.504. The van der Waals surface area contributed by atoms with E-state index in [4.69, 9.17) is 4.74 Å². The fourth-order valence-corrected chi connectivity index (χ4v) is 1.25. The van der Waals surface area contributed by atoms with Gasteiger partial charge < -0.3 is 4.74 Å². The molecule has 1 N–H and O–H groups in total. The van der Waals surface area contributed by atoms with Crippen molar-refractivity contribution < 1.29 is 9.53 Å². The summed E-state index contributed by atoms with van der Waals surface area (Å²) in [4.78, 5) is 11.5. The molecule has 0 fully saturated rings. The van der Waals surface area contributed by atoms with Gasteiger partial charge in [-0.05, 0) is 27.2 Å². The zero-order valence-electron chi connectivity index (χ0n) is 12.2. The van der Waals surface area contributed by atoms with Crippen molar-refractivity contribution >= 4 is 11.8 Å². The van der Waals surface area contributed by atoms with Gasteiger partial charge in [0.1, 0.15) is 5.60 Å². The van der Waals surface area contributed by atoms with Crippen LogP contribution in [0.2, 0.25) is 0 Å². The predicted molar refractivity (Wildman–Crippen MR) is 71.2 cm³/mol. The van der Waals surface area contributed by atoms with Gasteiger partial charge in [-0.15, -0.1) is 0 Å². The third kappa shape index (κ3) is 7.77. The molecule has 0 saturated heterocycles. The lowest BCUT2D eigenvalue weighted by Crippen LogP contribution is -2.32. The highest BCUT2D eigenvalue weighted by Crippen LogP contribution is 2.19. The Hall–Kier alpha value is -1.06. The summed E-state index contributed by atoms with van der Waals surface area (Å²) in [5.41, 5.74) is 2.90. The molecule has 0 aliphatic rings. The molecule has 0 spiro atoms. The number of hydrogen-bond donors (Lipinski definition) is 1. The molecule has 0 rings (SSSR count). The highest BCUT2D eigenvalue weighted by molar-refractivity contribution is 5.89. The molecule has 0 atom stereocenters. The van der Waals surface area contributed by atoms with E-state index in [1.165, 1.54) is 0 Å². The van der Waals surface area contributed by atoms with Crippen LogP contribution in [0.4, 0.5) is 4.79 Å². The molecule has 0 heterocycles. The fraction of sp³-hybridized carbons (Fsp3) is 0.846. The molecule has 0 aromatic heterocycles. The second-order valence-corrected chi connectivity index (χ2v) is 6.17. The summed E-state index contributed by atoms with van der Waals surface area (Å²) in [6.07, 6.45) is 1.38. The zero-order chi connectivity index (χ0) is 13.7. The van der Waals surface area contributed by atoms with Crippen molar-refractivity contribution in [1.82, 2.24) is 5.43 Å². The first-order valence-electron chi connectivity index (χ1n) is 6.12. The predicted octanol–water partition coefficient (Wildman–Crippen LogP) is 3.71. The Morgan fingerprint density at radius 2 is 1.71 bits per heavy atom. The molecule has 0 saturated carbocycles. The van der Waals surface area contributed by atoms with Gasteiger partial charge in [-0.1, -0.05) is 34.1 Å². The Balaban J connectivity index is 4.50. The molecule has 1 amide bonds. The SMILES string of the molecule is CCC/C(=N\NC(=O)OC(C)(C)C)C(C)(C)C. The maximum Gasteiger partial charge on any atom is 0.428 e. The second-order valence-electron chi connectivity index (χ2n) is 6.17. The monoisotopic (exact) mass is 242 g/mol. The molecule has 0 aromatic rings. The standard InChI is InChI=1S/C13H26N2O2/c1-8-9-10(12(2,3)4)14-15-11(16)17-13(5,6)7/h8-9H2,1-7H3,(H,15,16)/b14-10+. The molecule has 4 heteroatoms. The van der Waals surface area contributed by atoms with Crippen molar-refractivity contribution in [2.45, 2.75) is 66.9 Å². The van der Waals surface area contributed by atoms with Gasteiger partial charge in [0, 0.05) is 11.1 Å². The zero-order valence-corrected chi connectivity index (χ0v) is 12.2. The van der Waals surface area contributed by atoms with Gasteiger partial charge in [0.15, 0.2) is 0 Å². The van der Waals surface area contributed by atoms with E-state index in [-0.39, 0.29) is 5.41 Å². The number of rotatable bonds is 3. The molecule has 4 nitrogen and oxygen atoms in total. The van der Waals surface area contributed by atoms with Crippen molar-refractivity contribution in [3.05, 3.63) is 0 Å². The van der Waals surface area contributed by atoms with Crippen LogP contribution in [0.5, 0.6) is 0 Å². The summed E-state index contributed by atoms with van der Waals surface area (Å²) >= 11 is 0. The second kappa shape index (κ2) is 6.03. The van der Waals surface area contributed by atoms with Gasteiger partial charge in [-0.25, -0.2) is 10.2 Å². The van der Waals surface area contributed by atoms with Crippen LogP contribution < -0.4 is 5.43 Å². The molecule has 17 heavy (non-hydrogen) atoms. The highest BCUT2D eigenvalue weighted by atomic mass is 16.6. The lowest BCUT2D eigenvalue weighted by atomic mass is 9.87. The molecule has 0 aromatic carbocycles. The number of amides is 1. The Kier molecular flexibility index (Phi) is 5.66. The maximum absolute atomic E-state index is 11.5. The molecule has 100 valence electrons. The molecule has 0 aliphatic carbocycles. The van der Waals surface area contributed by atoms with Gasteiger partial charge >= 0.3 is 6.09 Å². The van der Waals surface area contributed by atoms with Crippen LogP contribution in [-0.2, 0) is 4.74 Å². The number of ether oxygens (including phenoxy) is 1. The van der Waals surface area contributed by atoms with Gasteiger partial charge in [0.05, 0.1) is 0 Å². The van der Waals surface area contributed by atoms with Crippen LogP contribution in [0.3, 0.4) is 0 Å². The van der Waals surface area contributed by atoms with Crippen LogP contribution >= 0.6 is 0 Å². The summed E-state index contributed by atoms with van der Waals surface area (Å²) in [6, 6.07) is 0. The summed E-state index contributed by atoms with van der Waals surface area (Å²) in [5.74, 6) is 0. The summed E-state index contributed by atoms with van der Waals surface area (Å²) in [5, 5.41) is 4.16. The van der Waals surface area contributed by atoms with Crippen LogP contribution in [0.25, 0.3) is 0 Å². The first-order valence-corrected chi connectivity index (χ1v) is 6.12. The van der Waals surface area contributed by atoms with Crippen molar-refractivity contribution in [1.29, 1.82) is 0 Å². The number of hydrogen-bond acceptors (Lipinski definition) is 3. The molecular weight excluding hydrogens is 216 g/mol. The van der Waals surface area contributed by atoms with E-state index in [1.807, 2.05) is 20.8 Å². The number of nitrogens with one attached hydrogen (secondary N) is 1. The van der Waals surface area contributed by atoms with Crippen molar-refractivity contribution in [3.8, 4) is 0 Å². The van der Waals surface area contributed by atoms with E-state index < -0.39 is 11.7 Å². The molecule has 0 aliphatic heterocycles. The van der Waals surface area contributed by atoms with E-state index in [0.29, 0.717) is 0 Å². The van der Waals surface area contributed by atoms with Gasteiger partial charge in [0.2, 0.25) is 0 Å². The van der Waals surface area contributed by atoms with E-state index in [2.05, 4.69) is 38.2 Å². The van der Waals surface area contributed by atoms with Gasteiger partial charge in [-0.3, -0.25) is 0 Å². The first-order chi connectivity index (χ1) is 7.56. The number of nitrogens with zero attached hydrogens (tertiary/aromatic N) is 1. The topological polar surface area (TPSA) is 50.7 Å². The molecular formula is C13H26N2O2. The van der Waals surface area contributed by atoms with E-state index in [0.717, 1.165) is 18.6 Å². The van der Waals surface area contributed by atoms with E-state index in [9.17, 15) is 4.79 Å². The van der Waals surface area contributed by atoms with Crippen LogP contribution in [0, 0.1) is 5.41 Å². The quantitative estimate of drug-likeness (QED) is 0.606. The smallest absolute Gasteiger partial charge is 0.428 e. The van der Waals surface area contributed by atoms with Crippen molar-refractivity contribution in [2.75, 3.05) is 0 Å². The minimum absolute atomic E-state index is 0.0367. The Morgan fingerprint density at radius 3 is 2.06 bits per heavy atom. The van der Waals surface area contributed by atoms with Gasteiger partial charge in [-0.2, -0.15) is 5.10 Å². The molecule has 0 unspecified atom stereocenters. The number of carbonyl (C=O) groups is 1. The van der Waals surface area contributed by atoms with Crippen molar-refractivity contribution in [3.63, 3.8) is 0 Å². The molecule has 0 radical (unpaired) electrons. The number of carbonyl (C=O) groups excluding carboxylic acids is 1. The minimum Gasteiger partial charge on any atom is -0.443 e. The average Bonchev–Trinajstić information content (AvgIpc) is 2.07.